The quantitative estimate of drug-likeness (QED) is 0.589. The average molecular weight is 420 g/mol. The third-order valence-electron chi connectivity index (χ3n) is 4.42. The molecule has 0 unspecified atom stereocenters. The van der Waals surface area contributed by atoms with Gasteiger partial charge in [-0.05, 0) is 30.3 Å². The van der Waals surface area contributed by atoms with Gasteiger partial charge in [-0.3, -0.25) is 14.7 Å². The Morgan fingerprint density at radius 2 is 1.86 bits per heavy atom. The summed E-state index contributed by atoms with van der Waals surface area (Å²) < 4.78 is 43.7. The molecule has 29 heavy (non-hydrogen) atoms. The Kier molecular flexibility index (Phi) is 4.97. The molecule has 1 aliphatic rings. The Bertz CT molecular complexity index is 1070. The highest BCUT2D eigenvalue weighted by Gasteiger charge is 2.30. The molecule has 0 saturated heterocycles. The standard InChI is InChI=1S/C20H13ClF3N3O2/c21-15-5-6-18-13(7-15)10-29-11-27(18)19(28)17-9-25-8-16(26-17)12-1-3-14(4-2-12)20(22,23)24/h1-9H,10-11H2. The van der Waals surface area contributed by atoms with Gasteiger partial charge in [0.25, 0.3) is 5.91 Å². The smallest absolute Gasteiger partial charge is 0.356 e. The van der Waals surface area contributed by atoms with Crippen LogP contribution in [0.2, 0.25) is 5.02 Å². The van der Waals surface area contributed by atoms with Crippen molar-refractivity contribution < 1.29 is 22.7 Å². The molecular weight excluding hydrogens is 407 g/mol. The highest BCUT2D eigenvalue weighted by atomic mass is 35.5. The van der Waals surface area contributed by atoms with Crippen LogP contribution in [0.3, 0.4) is 0 Å². The summed E-state index contributed by atoms with van der Waals surface area (Å²) in [5.74, 6) is -0.436. The van der Waals surface area contributed by atoms with Gasteiger partial charge in [0.2, 0.25) is 0 Å². The molecule has 9 heteroatoms. The number of ether oxygens (including phenoxy) is 1. The molecule has 0 fully saturated rings. The van der Waals surface area contributed by atoms with Gasteiger partial charge in [-0.15, -0.1) is 0 Å². The van der Waals surface area contributed by atoms with E-state index in [9.17, 15) is 18.0 Å². The molecule has 0 radical (unpaired) electrons. The number of carbonyl (C=O) groups is 1. The number of hydrogen-bond acceptors (Lipinski definition) is 4. The van der Waals surface area contributed by atoms with Gasteiger partial charge in [-0.1, -0.05) is 23.7 Å². The number of fused-ring (bicyclic) bond motifs is 1. The van der Waals surface area contributed by atoms with Crippen molar-refractivity contribution in [3.63, 3.8) is 0 Å². The molecule has 1 amide bonds. The first kappa shape index (κ1) is 19.4. The van der Waals surface area contributed by atoms with Gasteiger partial charge in [-0.2, -0.15) is 13.2 Å². The van der Waals surface area contributed by atoms with Crippen LogP contribution in [0.1, 0.15) is 21.6 Å². The number of halogens is 4. The SMILES string of the molecule is O=C(c1cncc(-c2ccc(C(F)(F)F)cc2)n1)N1COCc2cc(Cl)ccc21. The zero-order valence-electron chi connectivity index (χ0n) is 14.8. The number of carbonyl (C=O) groups excluding carboxylic acids is 1. The van der Waals surface area contributed by atoms with Gasteiger partial charge in [0.1, 0.15) is 12.4 Å². The second kappa shape index (κ2) is 7.46. The lowest BCUT2D eigenvalue weighted by molar-refractivity contribution is -0.137. The minimum Gasteiger partial charge on any atom is -0.356 e. The summed E-state index contributed by atoms with van der Waals surface area (Å²) in [4.78, 5) is 22.7. The lowest BCUT2D eigenvalue weighted by Gasteiger charge is -2.29. The molecule has 0 atom stereocenters. The summed E-state index contributed by atoms with van der Waals surface area (Å²) in [6.45, 7) is 0.372. The van der Waals surface area contributed by atoms with E-state index in [2.05, 4.69) is 9.97 Å². The van der Waals surface area contributed by atoms with E-state index in [-0.39, 0.29) is 12.4 Å². The Hall–Kier alpha value is -2.97. The number of rotatable bonds is 2. The molecule has 0 saturated carbocycles. The molecule has 0 N–H and O–H groups in total. The molecule has 148 valence electrons. The van der Waals surface area contributed by atoms with Crippen molar-refractivity contribution in [1.29, 1.82) is 0 Å². The van der Waals surface area contributed by atoms with Crippen LogP contribution in [0.25, 0.3) is 11.3 Å². The van der Waals surface area contributed by atoms with Crippen LogP contribution in [0.5, 0.6) is 0 Å². The Balaban J connectivity index is 1.64. The van der Waals surface area contributed by atoms with Gasteiger partial charge >= 0.3 is 6.18 Å². The van der Waals surface area contributed by atoms with Crippen molar-refractivity contribution in [1.82, 2.24) is 9.97 Å². The second-order valence-corrected chi connectivity index (χ2v) is 6.78. The maximum absolute atomic E-state index is 13.0. The molecule has 2 aromatic carbocycles. The first-order valence-electron chi connectivity index (χ1n) is 8.50. The Labute approximate surface area is 168 Å². The lowest BCUT2D eigenvalue weighted by Crippen LogP contribution is -2.37. The van der Waals surface area contributed by atoms with E-state index in [0.29, 0.717) is 28.6 Å². The highest BCUT2D eigenvalue weighted by Crippen LogP contribution is 2.31. The van der Waals surface area contributed by atoms with Gasteiger partial charge in [0.15, 0.2) is 0 Å². The third-order valence-corrected chi connectivity index (χ3v) is 4.65. The van der Waals surface area contributed by atoms with E-state index < -0.39 is 17.6 Å². The second-order valence-electron chi connectivity index (χ2n) is 6.35. The van der Waals surface area contributed by atoms with E-state index in [1.807, 2.05) is 0 Å². The summed E-state index contributed by atoms with van der Waals surface area (Å²) >= 11 is 6.00. The first-order chi connectivity index (χ1) is 13.8. The molecule has 2 heterocycles. The Morgan fingerprint density at radius 3 is 2.59 bits per heavy atom. The minimum atomic E-state index is -4.42. The number of amides is 1. The molecule has 1 aromatic heterocycles. The number of hydrogen-bond donors (Lipinski definition) is 0. The summed E-state index contributed by atoms with van der Waals surface area (Å²) in [6, 6.07) is 9.64. The molecule has 5 nitrogen and oxygen atoms in total. The van der Waals surface area contributed by atoms with Crippen molar-refractivity contribution in [2.24, 2.45) is 0 Å². The van der Waals surface area contributed by atoms with E-state index >= 15 is 0 Å². The maximum Gasteiger partial charge on any atom is 0.416 e. The molecule has 0 bridgehead atoms. The van der Waals surface area contributed by atoms with Crippen molar-refractivity contribution >= 4 is 23.2 Å². The van der Waals surface area contributed by atoms with Crippen molar-refractivity contribution in [2.75, 3.05) is 11.6 Å². The fourth-order valence-corrected chi connectivity index (χ4v) is 3.19. The number of aromatic nitrogens is 2. The van der Waals surface area contributed by atoms with Crippen LogP contribution in [0.15, 0.2) is 54.9 Å². The molecule has 3 aromatic rings. The fraction of sp³-hybridized carbons (Fsp3) is 0.150. The molecule has 0 spiro atoms. The largest absolute Gasteiger partial charge is 0.416 e. The van der Waals surface area contributed by atoms with Crippen molar-refractivity contribution in [3.05, 3.63) is 76.7 Å². The normalized spacial score (nSPS) is 13.9. The summed E-state index contributed by atoms with van der Waals surface area (Å²) in [6.07, 6.45) is -1.73. The molecule has 0 aliphatic carbocycles. The number of nitrogens with zero attached hydrogens (tertiary/aromatic N) is 3. The van der Waals surface area contributed by atoms with Crippen molar-refractivity contribution in [3.8, 4) is 11.3 Å². The number of alkyl halides is 3. The maximum atomic E-state index is 13.0. The predicted molar refractivity (Wildman–Crippen MR) is 100 cm³/mol. The van der Waals surface area contributed by atoms with Gasteiger partial charge < -0.3 is 4.74 Å². The van der Waals surface area contributed by atoms with Crippen LogP contribution in [-0.2, 0) is 17.5 Å². The molecule has 4 rings (SSSR count). The zero-order valence-corrected chi connectivity index (χ0v) is 15.5. The summed E-state index contributed by atoms with van der Waals surface area (Å²) in [5.41, 5.74) is 1.42. The van der Waals surface area contributed by atoms with E-state index in [4.69, 9.17) is 16.3 Å². The molecule has 1 aliphatic heterocycles. The van der Waals surface area contributed by atoms with Crippen LogP contribution < -0.4 is 4.90 Å². The lowest BCUT2D eigenvalue weighted by atomic mass is 10.1. The van der Waals surface area contributed by atoms with Crippen LogP contribution in [0, 0.1) is 0 Å². The monoisotopic (exact) mass is 419 g/mol. The average Bonchev–Trinajstić information content (AvgIpc) is 2.72. The van der Waals surface area contributed by atoms with E-state index in [1.54, 1.807) is 18.2 Å². The zero-order chi connectivity index (χ0) is 20.6. The summed E-state index contributed by atoms with van der Waals surface area (Å²) in [5, 5.41) is 0.533. The first-order valence-corrected chi connectivity index (χ1v) is 8.88. The topological polar surface area (TPSA) is 55.3 Å². The van der Waals surface area contributed by atoms with Gasteiger partial charge in [-0.25, -0.2) is 4.98 Å². The van der Waals surface area contributed by atoms with E-state index in [1.165, 1.54) is 29.4 Å². The number of benzene rings is 2. The minimum absolute atomic E-state index is 0.0413. The highest BCUT2D eigenvalue weighted by molar-refractivity contribution is 6.30. The van der Waals surface area contributed by atoms with Crippen molar-refractivity contribution in [2.45, 2.75) is 12.8 Å². The van der Waals surface area contributed by atoms with Crippen LogP contribution in [0.4, 0.5) is 18.9 Å². The number of anilines is 1. The van der Waals surface area contributed by atoms with E-state index in [0.717, 1.165) is 17.7 Å². The Morgan fingerprint density at radius 1 is 1.10 bits per heavy atom. The molecular formula is C20H13ClF3N3O2. The van der Waals surface area contributed by atoms with Gasteiger partial charge in [0, 0.05) is 16.1 Å². The predicted octanol–water partition coefficient (Wildman–Crippen LogP) is 4.95. The summed E-state index contributed by atoms with van der Waals surface area (Å²) in [7, 11) is 0. The van der Waals surface area contributed by atoms with Crippen LogP contribution >= 0.6 is 11.6 Å². The van der Waals surface area contributed by atoms with Crippen LogP contribution in [-0.4, -0.2) is 22.6 Å². The third kappa shape index (κ3) is 3.94. The van der Waals surface area contributed by atoms with Gasteiger partial charge in [0.05, 0.1) is 35.9 Å². The fourth-order valence-electron chi connectivity index (χ4n) is 2.99.